The van der Waals surface area contributed by atoms with Gasteiger partial charge in [0.25, 0.3) is 0 Å². The van der Waals surface area contributed by atoms with Crippen LogP contribution in [0.2, 0.25) is 0 Å². The molecule has 1 fully saturated rings. The summed E-state index contributed by atoms with van der Waals surface area (Å²) in [7, 11) is 0. The van der Waals surface area contributed by atoms with Crippen molar-refractivity contribution in [1.29, 1.82) is 0 Å². The lowest BCUT2D eigenvalue weighted by Gasteiger charge is -2.27. The Hall–Kier alpha value is -1.05. The second kappa shape index (κ2) is 5.33. The number of rotatable bonds is 3. The number of hydrogen-bond acceptors (Lipinski definition) is 2. The molecule has 0 bridgehead atoms. The van der Waals surface area contributed by atoms with Crippen LogP contribution in [0.4, 0.5) is 5.82 Å². The van der Waals surface area contributed by atoms with Crippen LogP contribution in [0.5, 0.6) is 0 Å². The molecule has 2 heteroatoms. The predicted molar refractivity (Wildman–Crippen MR) is 69.0 cm³/mol. The van der Waals surface area contributed by atoms with Gasteiger partial charge in [-0.1, -0.05) is 19.9 Å². The number of pyridine rings is 1. The molecule has 1 unspecified atom stereocenters. The lowest BCUT2D eigenvalue weighted by atomic mass is 10.0. The molecule has 88 valence electrons. The van der Waals surface area contributed by atoms with E-state index in [2.05, 4.69) is 42.1 Å². The van der Waals surface area contributed by atoms with Gasteiger partial charge in [0, 0.05) is 19.3 Å². The Morgan fingerprint density at radius 3 is 2.56 bits per heavy atom. The fourth-order valence-electron chi connectivity index (χ4n) is 2.23. The van der Waals surface area contributed by atoms with E-state index in [1.807, 2.05) is 0 Å². The van der Waals surface area contributed by atoms with Crippen LogP contribution in [0.3, 0.4) is 0 Å². The fourth-order valence-corrected chi connectivity index (χ4v) is 2.23. The molecule has 1 aromatic rings. The molecule has 0 radical (unpaired) electrons. The van der Waals surface area contributed by atoms with Crippen LogP contribution in [-0.2, 0) is 0 Å². The summed E-state index contributed by atoms with van der Waals surface area (Å²) in [5.41, 5.74) is 1.36. The molecule has 0 saturated carbocycles. The van der Waals surface area contributed by atoms with Gasteiger partial charge in [-0.25, -0.2) is 4.98 Å². The SMILES string of the molecule is CCC(C)c1ccc(N2CCCCC2)nc1. The molecule has 1 saturated heterocycles. The second-order valence-electron chi connectivity index (χ2n) is 4.81. The number of anilines is 1. The summed E-state index contributed by atoms with van der Waals surface area (Å²) in [5.74, 6) is 1.79. The minimum Gasteiger partial charge on any atom is -0.357 e. The zero-order valence-electron chi connectivity index (χ0n) is 10.4. The summed E-state index contributed by atoms with van der Waals surface area (Å²) >= 11 is 0. The molecular weight excluding hydrogens is 196 g/mol. The largest absolute Gasteiger partial charge is 0.357 e. The van der Waals surface area contributed by atoms with Crippen LogP contribution >= 0.6 is 0 Å². The summed E-state index contributed by atoms with van der Waals surface area (Å²) in [5, 5.41) is 0. The summed E-state index contributed by atoms with van der Waals surface area (Å²) in [4.78, 5) is 7.00. The maximum absolute atomic E-state index is 4.60. The molecule has 0 N–H and O–H groups in total. The molecule has 1 aliphatic rings. The number of piperidine rings is 1. The Balaban J connectivity index is 2.06. The predicted octanol–water partition coefficient (Wildman–Crippen LogP) is 3.59. The Labute approximate surface area is 98.7 Å². The first kappa shape index (κ1) is 11.4. The van der Waals surface area contributed by atoms with E-state index in [9.17, 15) is 0 Å². The lowest BCUT2D eigenvalue weighted by Crippen LogP contribution is -2.30. The zero-order chi connectivity index (χ0) is 11.4. The van der Waals surface area contributed by atoms with E-state index in [0.29, 0.717) is 5.92 Å². The zero-order valence-corrected chi connectivity index (χ0v) is 10.4. The fraction of sp³-hybridized carbons (Fsp3) is 0.643. The van der Waals surface area contributed by atoms with Crippen molar-refractivity contribution in [3.63, 3.8) is 0 Å². The monoisotopic (exact) mass is 218 g/mol. The highest BCUT2D eigenvalue weighted by Gasteiger charge is 2.12. The quantitative estimate of drug-likeness (QED) is 0.771. The molecular formula is C14H22N2. The average molecular weight is 218 g/mol. The van der Waals surface area contributed by atoms with Gasteiger partial charge in [0.2, 0.25) is 0 Å². The molecule has 2 nitrogen and oxygen atoms in total. The molecule has 0 aliphatic carbocycles. The lowest BCUT2D eigenvalue weighted by molar-refractivity contribution is 0.573. The molecule has 0 aromatic carbocycles. The van der Waals surface area contributed by atoms with Gasteiger partial charge in [-0.05, 0) is 43.2 Å². The Bertz CT molecular complexity index is 312. The third kappa shape index (κ3) is 2.55. The van der Waals surface area contributed by atoms with E-state index in [1.165, 1.54) is 44.3 Å². The molecule has 2 rings (SSSR count). The topological polar surface area (TPSA) is 16.1 Å². The maximum Gasteiger partial charge on any atom is 0.128 e. The number of aromatic nitrogens is 1. The van der Waals surface area contributed by atoms with Gasteiger partial charge in [-0.3, -0.25) is 0 Å². The normalized spacial score (nSPS) is 18.5. The molecule has 16 heavy (non-hydrogen) atoms. The van der Waals surface area contributed by atoms with Crippen molar-refractivity contribution in [3.8, 4) is 0 Å². The number of nitrogens with zero attached hydrogens (tertiary/aromatic N) is 2. The van der Waals surface area contributed by atoms with Crippen molar-refractivity contribution in [3.05, 3.63) is 23.9 Å². The Morgan fingerprint density at radius 1 is 1.25 bits per heavy atom. The van der Waals surface area contributed by atoms with Crippen LogP contribution in [0.25, 0.3) is 0 Å². The van der Waals surface area contributed by atoms with Crippen LogP contribution in [-0.4, -0.2) is 18.1 Å². The molecule has 1 aliphatic heterocycles. The highest BCUT2D eigenvalue weighted by atomic mass is 15.2. The maximum atomic E-state index is 4.60. The van der Waals surface area contributed by atoms with Gasteiger partial charge in [-0.15, -0.1) is 0 Å². The summed E-state index contributed by atoms with van der Waals surface area (Å²) in [6.07, 6.45) is 7.24. The van der Waals surface area contributed by atoms with Gasteiger partial charge >= 0.3 is 0 Å². The number of hydrogen-bond donors (Lipinski definition) is 0. The van der Waals surface area contributed by atoms with E-state index in [0.717, 1.165) is 5.82 Å². The first-order valence-electron chi connectivity index (χ1n) is 6.52. The summed E-state index contributed by atoms with van der Waals surface area (Å²) in [6, 6.07) is 4.43. The van der Waals surface area contributed by atoms with Gasteiger partial charge in [0.1, 0.15) is 5.82 Å². The van der Waals surface area contributed by atoms with Crippen molar-refractivity contribution in [2.45, 2.75) is 45.4 Å². The van der Waals surface area contributed by atoms with Gasteiger partial charge in [-0.2, -0.15) is 0 Å². The Kier molecular flexibility index (Phi) is 3.81. The van der Waals surface area contributed by atoms with E-state index in [-0.39, 0.29) is 0 Å². The standard InChI is InChI=1S/C14H22N2/c1-3-12(2)13-7-8-14(15-11-13)16-9-5-4-6-10-16/h7-8,11-12H,3-6,9-10H2,1-2H3. The first-order valence-corrected chi connectivity index (χ1v) is 6.52. The third-order valence-corrected chi connectivity index (χ3v) is 3.63. The van der Waals surface area contributed by atoms with Crippen LogP contribution in [0.15, 0.2) is 18.3 Å². The molecule has 1 aromatic heterocycles. The van der Waals surface area contributed by atoms with Crippen molar-refractivity contribution < 1.29 is 0 Å². The van der Waals surface area contributed by atoms with E-state index >= 15 is 0 Å². The van der Waals surface area contributed by atoms with Crippen molar-refractivity contribution in [2.75, 3.05) is 18.0 Å². The Morgan fingerprint density at radius 2 is 2.00 bits per heavy atom. The molecule has 0 spiro atoms. The molecule has 1 atom stereocenters. The minimum absolute atomic E-state index is 0.628. The van der Waals surface area contributed by atoms with Crippen molar-refractivity contribution in [2.24, 2.45) is 0 Å². The van der Waals surface area contributed by atoms with Gasteiger partial charge in [0.15, 0.2) is 0 Å². The van der Waals surface area contributed by atoms with Gasteiger partial charge in [0.05, 0.1) is 0 Å². The van der Waals surface area contributed by atoms with Crippen molar-refractivity contribution >= 4 is 5.82 Å². The third-order valence-electron chi connectivity index (χ3n) is 3.63. The smallest absolute Gasteiger partial charge is 0.128 e. The van der Waals surface area contributed by atoms with Crippen LogP contribution in [0, 0.1) is 0 Å². The second-order valence-corrected chi connectivity index (χ2v) is 4.81. The van der Waals surface area contributed by atoms with E-state index in [1.54, 1.807) is 0 Å². The highest BCUT2D eigenvalue weighted by molar-refractivity contribution is 5.40. The molecule has 2 heterocycles. The highest BCUT2D eigenvalue weighted by Crippen LogP contribution is 2.21. The average Bonchev–Trinajstić information content (AvgIpc) is 2.39. The summed E-state index contributed by atoms with van der Waals surface area (Å²) < 4.78 is 0. The van der Waals surface area contributed by atoms with Crippen molar-refractivity contribution in [1.82, 2.24) is 4.98 Å². The van der Waals surface area contributed by atoms with E-state index < -0.39 is 0 Å². The molecule has 0 amide bonds. The van der Waals surface area contributed by atoms with Crippen LogP contribution in [0.1, 0.15) is 51.0 Å². The van der Waals surface area contributed by atoms with Crippen LogP contribution < -0.4 is 4.90 Å². The summed E-state index contributed by atoms with van der Waals surface area (Å²) in [6.45, 7) is 6.84. The minimum atomic E-state index is 0.628. The van der Waals surface area contributed by atoms with E-state index in [4.69, 9.17) is 0 Å². The van der Waals surface area contributed by atoms with Gasteiger partial charge < -0.3 is 4.90 Å². The first-order chi connectivity index (χ1) is 7.81.